The number of carbonyl (C=O) groups is 1. The highest BCUT2D eigenvalue weighted by Crippen LogP contribution is 2.32. The van der Waals surface area contributed by atoms with Crippen LogP contribution >= 0.6 is 0 Å². The first-order chi connectivity index (χ1) is 11.3. The zero-order valence-corrected chi connectivity index (χ0v) is 14.0. The van der Waals surface area contributed by atoms with E-state index < -0.39 is 11.4 Å². The average molecular weight is 336 g/mol. The molecule has 0 radical (unpaired) electrons. The van der Waals surface area contributed by atoms with Crippen molar-refractivity contribution in [2.45, 2.75) is 45.3 Å². The number of isocyanates is 1. The Morgan fingerprint density at radius 2 is 2.00 bits per heavy atom. The summed E-state index contributed by atoms with van der Waals surface area (Å²) in [5.74, 6) is -0.641. The van der Waals surface area contributed by atoms with E-state index in [2.05, 4.69) is 4.99 Å². The summed E-state index contributed by atoms with van der Waals surface area (Å²) in [6.07, 6.45) is 1.84. The monoisotopic (exact) mass is 336 g/mol. The lowest BCUT2D eigenvalue weighted by Crippen LogP contribution is -2.44. The summed E-state index contributed by atoms with van der Waals surface area (Å²) >= 11 is 0. The summed E-state index contributed by atoms with van der Waals surface area (Å²) in [7, 11) is 0. The molecule has 1 fully saturated rings. The lowest BCUT2D eigenvalue weighted by Gasteiger charge is -2.33. The first-order valence-corrected chi connectivity index (χ1v) is 7.81. The number of piperidine rings is 1. The Bertz CT molecular complexity index is 642. The zero-order valence-electron chi connectivity index (χ0n) is 14.0. The molecule has 0 spiro atoms. The average Bonchev–Trinajstić information content (AvgIpc) is 2.50. The Kier molecular flexibility index (Phi) is 5.57. The van der Waals surface area contributed by atoms with Crippen molar-refractivity contribution in [3.8, 4) is 5.75 Å². The number of hydrogen-bond acceptors (Lipinski definition) is 5. The van der Waals surface area contributed by atoms with Gasteiger partial charge in [0.15, 0.2) is 11.6 Å². The number of likely N-dealkylation sites (tertiary alicyclic amines) is 1. The van der Waals surface area contributed by atoms with Gasteiger partial charge in [0.2, 0.25) is 6.08 Å². The number of hydrogen-bond donors (Lipinski definition) is 0. The molecule has 6 nitrogen and oxygen atoms in total. The number of benzene rings is 1. The maximum absolute atomic E-state index is 13.9. The molecular weight excluding hydrogens is 315 g/mol. The smallest absolute Gasteiger partial charge is 0.410 e. The van der Waals surface area contributed by atoms with Crippen LogP contribution in [-0.2, 0) is 9.53 Å². The van der Waals surface area contributed by atoms with Crippen molar-refractivity contribution in [1.82, 2.24) is 4.90 Å². The van der Waals surface area contributed by atoms with Crippen molar-refractivity contribution in [3.63, 3.8) is 0 Å². The molecule has 0 unspecified atom stereocenters. The third-order valence-corrected chi connectivity index (χ3v) is 3.49. The minimum atomic E-state index is -0.582. The molecule has 1 heterocycles. The van der Waals surface area contributed by atoms with Gasteiger partial charge in [-0.1, -0.05) is 6.07 Å². The molecule has 1 aliphatic heterocycles. The Morgan fingerprint density at radius 1 is 1.33 bits per heavy atom. The zero-order chi connectivity index (χ0) is 17.7. The molecule has 0 aromatic heterocycles. The van der Waals surface area contributed by atoms with Gasteiger partial charge < -0.3 is 14.4 Å². The van der Waals surface area contributed by atoms with Crippen molar-refractivity contribution in [1.29, 1.82) is 0 Å². The van der Waals surface area contributed by atoms with E-state index in [-0.39, 0.29) is 23.6 Å². The van der Waals surface area contributed by atoms with E-state index >= 15 is 0 Å². The summed E-state index contributed by atoms with van der Waals surface area (Å²) in [6, 6.07) is 4.18. The molecule has 1 aromatic carbocycles. The number of rotatable bonds is 3. The number of carbonyl (C=O) groups excluding carboxylic acids is 2. The van der Waals surface area contributed by atoms with Crippen molar-refractivity contribution in [3.05, 3.63) is 24.0 Å². The van der Waals surface area contributed by atoms with Crippen LogP contribution in [-0.4, -0.2) is 41.9 Å². The summed E-state index contributed by atoms with van der Waals surface area (Å²) in [5.41, 5.74) is -0.432. The Balaban J connectivity index is 1.97. The van der Waals surface area contributed by atoms with Gasteiger partial charge in [-0.15, -0.1) is 0 Å². The van der Waals surface area contributed by atoms with Gasteiger partial charge in [0, 0.05) is 25.9 Å². The molecular formula is C17H21FN2O4. The first-order valence-electron chi connectivity index (χ1n) is 7.81. The minimum Gasteiger partial charge on any atom is -0.485 e. The van der Waals surface area contributed by atoms with E-state index in [0.717, 1.165) is 0 Å². The summed E-state index contributed by atoms with van der Waals surface area (Å²) < 4.78 is 24.9. The number of ether oxygens (including phenoxy) is 2. The second-order valence-corrected chi connectivity index (χ2v) is 6.58. The first kappa shape index (κ1) is 17.9. The molecule has 1 amide bonds. The number of para-hydroxylation sites is 1. The molecule has 0 aliphatic carbocycles. The lowest BCUT2D eigenvalue weighted by atomic mass is 10.1. The quantitative estimate of drug-likeness (QED) is 0.625. The molecule has 7 heteroatoms. The molecule has 24 heavy (non-hydrogen) atoms. The summed E-state index contributed by atoms with van der Waals surface area (Å²) in [4.78, 5) is 27.5. The maximum Gasteiger partial charge on any atom is 0.410 e. The number of aliphatic imine (C=N–C) groups is 1. The molecule has 130 valence electrons. The fraction of sp³-hybridized carbons (Fsp3) is 0.529. The summed E-state index contributed by atoms with van der Waals surface area (Å²) in [6.45, 7) is 6.36. The maximum atomic E-state index is 13.9. The van der Waals surface area contributed by atoms with E-state index in [9.17, 15) is 14.0 Å². The van der Waals surface area contributed by atoms with Crippen LogP contribution in [0.1, 0.15) is 33.6 Å². The van der Waals surface area contributed by atoms with Gasteiger partial charge in [-0.3, -0.25) is 0 Å². The van der Waals surface area contributed by atoms with Gasteiger partial charge in [-0.05, 0) is 32.9 Å². The van der Waals surface area contributed by atoms with Crippen LogP contribution in [0.3, 0.4) is 0 Å². The van der Waals surface area contributed by atoms with Crippen LogP contribution in [0.5, 0.6) is 5.75 Å². The second kappa shape index (κ2) is 7.45. The minimum absolute atomic E-state index is 0.0587. The topological polar surface area (TPSA) is 68.2 Å². The molecule has 0 atom stereocenters. The number of halogens is 1. The highest BCUT2D eigenvalue weighted by molar-refractivity contribution is 5.68. The van der Waals surface area contributed by atoms with E-state index in [0.29, 0.717) is 25.9 Å². The number of nitrogens with zero attached hydrogens (tertiary/aromatic N) is 2. The van der Waals surface area contributed by atoms with Gasteiger partial charge in [-0.25, -0.2) is 14.0 Å². The van der Waals surface area contributed by atoms with E-state index in [1.807, 2.05) is 20.8 Å². The number of amides is 1. The Hall–Kier alpha value is -2.40. The largest absolute Gasteiger partial charge is 0.485 e. The van der Waals surface area contributed by atoms with Gasteiger partial charge in [-0.2, -0.15) is 4.99 Å². The van der Waals surface area contributed by atoms with Crippen LogP contribution in [0.4, 0.5) is 14.9 Å². The van der Waals surface area contributed by atoms with Crippen LogP contribution < -0.4 is 4.74 Å². The van der Waals surface area contributed by atoms with Gasteiger partial charge >= 0.3 is 6.09 Å². The van der Waals surface area contributed by atoms with Crippen LogP contribution in [0.2, 0.25) is 0 Å². The van der Waals surface area contributed by atoms with Crippen LogP contribution in [0.15, 0.2) is 23.2 Å². The van der Waals surface area contributed by atoms with Gasteiger partial charge in [0.1, 0.15) is 17.4 Å². The van der Waals surface area contributed by atoms with Crippen molar-refractivity contribution >= 4 is 17.9 Å². The molecule has 2 rings (SSSR count). The van der Waals surface area contributed by atoms with Gasteiger partial charge in [0.25, 0.3) is 0 Å². The second-order valence-electron chi connectivity index (χ2n) is 6.58. The predicted molar refractivity (Wildman–Crippen MR) is 85.6 cm³/mol. The van der Waals surface area contributed by atoms with Crippen LogP contribution in [0, 0.1) is 5.82 Å². The Labute approximate surface area is 140 Å². The van der Waals surface area contributed by atoms with Crippen molar-refractivity contribution in [2.24, 2.45) is 4.99 Å². The molecule has 1 saturated heterocycles. The van der Waals surface area contributed by atoms with Crippen LogP contribution in [0.25, 0.3) is 0 Å². The molecule has 1 aromatic rings. The predicted octanol–water partition coefficient (Wildman–Crippen LogP) is 3.57. The third-order valence-electron chi connectivity index (χ3n) is 3.49. The fourth-order valence-electron chi connectivity index (χ4n) is 2.40. The molecule has 0 N–H and O–H groups in total. The van der Waals surface area contributed by atoms with E-state index in [1.54, 1.807) is 4.90 Å². The lowest BCUT2D eigenvalue weighted by molar-refractivity contribution is 0.0124. The molecule has 1 aliphatic rings. The highest BCUT2D eigenvalue weighted by Gasteiger charge is 2.28. The standard InChI is InChI=1S/C17H21FN2O4/c1-17(2,3)24-16(22)20-9-7-12(8-10-20)23-15-13(18)5-4-6-14(15)19-11-21/h4-6,12H,7-10H2,1-3H3. The molecule has 0 saturated carbocycles. The third kappa shape index (κ3) is 4.80. The fourth-order valence-corrected chi connectivity index (χ4v) is 2.40. The van der Waals surface area contributed by atoms with E-state index in [4.69, 9.17) is 9.47 Å². The SMILES string of the molecule is CC(C)(C)OC(=O)N1CCC(Oc2c(F)cccc2N=C=O)CC1. The van der Waals surface area contributed by atoms with Crippen molar-refractivity contribution in [2.75, 3.05) is 13.1 Å². The normalized spacial score (nSPS) is 15.6. The van der Waals surface area contributed by atoms with Crippen molar-refractivity contribution < 1.29 is 23.5 Å². The molecule has 0 bridgehead atoms. The highest BCUT2D eigenvalue weighted by atomic mass is 19.1. The van der Waals surface area contributed by atoms with E-state index in [1.165, 1.54) is 24.3 Å². The summed E-state index contributed by atoms with van der Waals surface area (Å²) in [5, 5.41) is 0. The Morgan fingerprint density at radius 3 is 2.58 bits per heavy atom. The van der Waals surface area contributed by atoms with Gasteiger partial charge in [0.05, 0.1) is 0 Å².